The zero-order chi connectivity index (χ0) is 15.2. The highest BCUT2D eigenvalue weighted by atomic mass is 35.5. The lowest BCUT2D eigenvalue weighted by Crippen LogP contribution is -2.13. The molecule has 112 valence electrons. The average molecular weight is 309 g/mol. The van der Waals surface area contributed by atoms with Crippen molar-refractivity contribution in [1.29, 1.82) is 0 Å². The Labute approximate surface area is 129 Å². The molecule has 0 bridgehead atoms. The van der Waals surface area contributed by atoms with Gasteiger partial charge in [0, 0.05) is 6.61 Å². The highest BCUT2D eigenvalue weighted by Gasteiger charge is 2.13. The van der Waals surface area contributed by atoms with Crippen LogP contribution in [0.25, 0.3) is 0 Å². The summed E-state index contributed by atoms with van der Waals surface area (Å²) in [6.07, 6.45) is 1.26. The van der Waals surface area contributed by atoms with Gasteiger partial charge in [-0.15, -0.1) is 0 Å². The number of hydrogen-bond acceptors (Lipinski definition) is 2. The third-order valence-corrected chi connectivity index (χ3v) is 3.77. The molecule has 1 N–H and O–H groups in total. The third kappa shape index (κ3) is 4.19. The summed E-state index contributed by atoms with van der Waals surface area (Å²) < 4.78 is 18.8. The minimum atomic E-state index is -0.428. The maximum Gasteiger partial charge on any atom is 0.142 e. The van der Waals surface area contributed by atoms with Crippen LogP contribution in [0.3, 0.4) is 0 Å². The molecule has 0 aliphatic heterocycles. The first-order valence-electron chi connectivity index (χ1n) is 6.80. The molecule has 0 aliphatic carbocycles. The van der Waals surface area contributed by atoms with E-state index in [0.29, 0.717) is 12.8 Å². The van der Waals surface area contributed by atoms with Crippen LogP contribution in [0.1, 0.15) is 11.1 Å². The standard InChI is InChI=1S/C17H18ClFO2/c1-21-17-5-3-2-4-14(17)9-13(11-20)8-12-6-7-15(18)16(19)10-12/h2-7,10,13,20H,8-9,11H2,1H3. The summed E-state index contributed by atoms with van der Waals surface area (Å²) in [4.78, 5) is 0. The number of aliphatic hydroxyl groups is 1. The molecule has 2 rings (SSSR count). The van der Waals surface area contributed by atoms with Crippen molar-refractivity contribution in [1.82, 2.24) is 0 Å². The van der Waals surface area contributed by atoms with Crippen molar-refractivity contribution >= 4 is 11.6 Å². The van der Waals surface area contributed by atoms with Crippen LogP contribution in [-0.2, 0) is 12.8 Å². The molecular weight excluding hydrogens is 291 g/mol. The number of methoxy groups -OCH3 is 1. The molecule has 2 nitrogen and oxygen atoms in total. The molecule has 2 aromatic carbocycles. The number of hydrogen-bond donors (Lipinski definition) is 1. The van der Waals surface area contributed by atoms with Crippen LogP contribution >= 0.6 is 11.6 Å². The van der Waals surface area contributed by atoms with Gasteiger partial charge in [-0.1, -0.05) is 35.9 Å². The largest absolute Gasteiger partial charge is 0.496 e. The molecule has 1 unspecified atom stereocenters. The van der Waals surface area contributed by atoms with Gasteiger partial charge >= 0.3 is 0 Å². The van der Waals surface area contributed by atoms with Crippen LogP contribution in [-0.4, -0.2) is 18.8 Å². The summed E-state index contributed by atoms with van der Waals surface area (Å²) in [7, 11) is 1.63. The van der Waals surface area contributed by atoms with Gasteiger partial charge in [0.15, 0.2) is 0 Å². The van der Waals surface area contributed by atoms with Crippen molar-refractivity contribution in [3.63, 3.8) is 0 Å². The Morgan fingerprint density at radius 1 is 1.19 bits per heavy atom. The van der Waals surface area contributed by atoms with Crippen molar-refractivity contribution < 1.29 is 14.2 Å². The molecule has 0 amide bonds. The second kappa shape index (κ2) is 7.43. The number of ether oxygens (including phenoxy) is 1. The topological polar surface area (TPSA) is 29.5 Å². The molecule has 0 aliphatic rings. The quantitative estimate of drug-likeness (QED) is 0.877. The summed E-state index contributed by atoms with van der Waals surface area (Å²) in [5.74, 6) is 0.378. The lowest BCUT2D eigenvalue weighted by molar-refractivity contribution is 0.224. The van der Waals surface area contributed by atoms with E-state index < -0.39 is 5.82 Å². The molecule has 2 aromatic rings. The molecule has 0 heterocycles. The number of benzene rings is 2. The molecule has 0 radical (unpaired) electrons. The fraction of sp³-hybridized carbons (Fsp3) is 0.294. The average Bonchev–Trinajstić information content (AvgIpc) is 2.50. The van der Waals surface area contributed by atoms with Gasteiger partial charge < -0.3 is 9.84 Å². The Morgan fingerprint density at radius 3 is 2.62 bits per heavy atom. The number of para-hydroxylation sites is 1. The Kier molecular flexibility index (Phi) is 5.59. The van der Waals surface area contributed by atoms with Crippen LogP contribution in [0.4, 0.5) is 4.39 Å². The van der Waals surface area contributed by atoms with E-state index in [9.17, 15) is 9.50 Å². The Hall–Kier alpha value is -1.58. The lowest BCUT2D eigenvalue weighted by atomic mass is 9.93. The van der Waals surface area contributed by atoms with Crippen molar-refractivity contribution in [2.45, 2.75) is 12.8 Å². The van der Waals surface area contributed by atoms with Crippen LogP contribution in [0, 0.1) is 11.7 Å². The second-order valence-electron chi connectivity index (χ2n) is 5.02. The van der Waals surface area contributed by atoms with E-state index in [1.54, 1.807) is 19.2 Å². The zero-order valence-electron chi connectivity index (χ0n) is 11.9. The molecule has 0 aromatic heterocycles. The van der Waals surface area contributed by atoms with Gasteiger partial charge in [-0.2, -0.15) is 0 Å². The smallest absolute Gasteiger partial charge is 0.142 e. The van der Waals surface area contributed by atoms with E-state index in [2.05, 4.69) is 0 Å². The molecule has 0 saturated carbocycles. The Bertz CT molecular complexity index is 601. The third-order valence-electron chi connectivity index (χ3n) is 3.47. The van der Waals surface area contributed by atoms with Crippen molar-refractivity contribution in [2.75, 3.05) is 13.7 Å². The summed E-state index contributed by atoms with van der Waals surface area (Å²) in [6.45, 7) is 0.0301. The van der Waals surface area contributed by atoms with E-state index >= 15 is 0 Å². The summed E-state index contributed by atoms with van der Waals surface area (Å²) in [5, 5.41) is 9.69. The molecule has 1 atom stereocenters. The lowest BCUT2D eigenvalue weighted by Gasteiger charge is -2.16. The Morgan fingerprint density at radius 2 is 1.95 bits per heavy atom. The Balaban J connectivity index is 2.11. The fourth-order valence-electron chi connectivity index (χ4n) is 2.38. The molecule has 21 heavy (non-hydrogen) atoms. The fourth-order valence-corrected chi connectivity index (χ4v) is 2.50. The van der Waals surface area contributed by atoms with Gasteiger partial charge in [-0.25, -0.2) is 4.39 Å². The number of aliphatic hydroxyl groups excluding tert-OH is 1. The molecule has 0 spiro atoms. The summed E-state index contributed by atoms with van der Waals surface area (Å²) in [6, 6.07) is 12.5. The predicted molar refractivity (Wildman–Crippen MR) is 82.4 cm³/mol. The second-order valence-corrected chi connectivity index (χ2v) is 5.42. The van der Waals surface area contributed by atoms with Crippen LogP contribution in [0.2, 0.25) is 5.02 Å². The monoisotopic (exact) mass is 308 g/mol. The first-order chi connectivity index (χ1) is 10.1. The predicted octanol–water partition coefficient (Wildman–Crippen LogP) is 3.88. The number of rotatable bonds is 6. The minimum absolute atomic E-state index is 0.00174. The molecular formula is C17H18ClFO2. The molecule has 4 heteroatoms. The summed E-state index contributed by atoms with van der Waals surface area (Å²) in [5.41, 5.74) is 1.86. The summed E-state index contributed by atoms with van der Waals surface area (Å²) >= 11 is 5.68. The van der Waals surface area contributed by atoms with Gasteiger partial charge in [-0.3, -0.25) is 0 Å². The van der Waals surface area contributed by atoms with Gasteiger partial charge in [0.2, 0.25) is 0 Å². The van der Waals surface area contributed by atoms with Crippen molar-refractivity contribution in [3.8, 4) is 5.75 Å². The minimum Gasteiger partial charge on any atom is -0.496 e. The van der Waals surface area contributed by atoms with Crippen LogP contribution < -0.4 is 4.74 Å². The van der Waals surface area contributed by atoms with E-state index in [1.165, 1.54) is 6.07 Å². The maximum atomic E-state index is 13.5. The van der Waals surface area contributed by atoms with E-state index in [0.717, 1.165) is 16.9 Å². The SMILES string of the molecule is COc1ccccc1CC(CO)Cc1ccc(Cl)c(F)c1. The number of halogens is 2. The first-order valence-corrected chi connectivity index (χ1v) is 7.18. The van der Waals surface area contributed by atoms with Crippen LogP contribution in [0.15, 0.2) is 42.5 Å². The van der Waals surface area contributed by atoms with Gasteiger partial charge in [0.25, 0.3) is 0 Å². The highest BCUT2D eigenvalue weighted by Crippen LogP contribution is 2.24. The van der Waals surface area contributed by atoms with E-state index in [1.807, 2.05) is 24.3 Å². The van der Waals surface area contributed by atoms with Gasteiger partial charge in [0.1, 0.15) is 11.6 Å². The van der Waals surface area contributed by atoms with Crippen molar-refractivity contribution in [2.24, 2.45) is 5.92 Å². The van der Waals surface area contributed by atoms with Crippen LogP contribution in [0.5, 0.6) is 5.75 Å². The van der Waals surface area contributed by atoms with Gasteiger partial charge in [0.05, 0.1) is 12.1 Å². The maximum absolute atomic E-state index is 13.5. The molecule has 0 saturated heterocycles. The first kappa shape index (κ1) is 15.8. The highest BCUT2D eigenvalue weighted by molar-refractivity contribution is 6.30. The molecule has 0 fully saturated rings. The zero-order valence-corrected chi connectivity index (χ0v) is 12.6. The normalized spacial score (nSPS) is 12.2. The van der Waals surface area contributed by atoms with Crippen molar-refractivity contribution in [3.05, 3.63) is 64.4 Å². The van der Waals surface area contributed by atoms with E-state index in [-0.39, 0.29) is 17.5 Å². The van der Waals surface area contributed by atoms with Gasteiger partial charge in [-0.05, 0) is 48.1 Å². The van der Waals surface area contributed by atoms with E-state index in [4.69, 9.17) is 16.3 Å².